The molecule has 0 saturated carbocycles. The van der Waals surface area contributed by atoms with Crippen LogP contribution in [0.2, 0.25) is 0 Å². The number of likely N-dealkylation sites (N-methyl/N-ethyl adjacent to an activating group) is 1. The van der Waals surface area contributed by atoms with Crippen LogP contribution in [0.4, 0.5) is 5.69 Å². The van der Waals surface area contributed by atoms with Crippen molar-refractivity contribution in [2.45, 2.75) is 13.0 Å². The molecule has 2 N–H and O–H groups in total. The van der Waals surface area contributed by atoms with Gasteiger partial charge in [0.05, 0.1) is 0 Å². The standard InChI is InChI=1S/C13H21N3O/c1-10(16(3)4)9-15-13(17)11-5-7-12(14-2)8-6-11/h5-8,10,14H,9H2,1-4H3,(H,15,17). The first-order valence-corrected chi connectivity index (χ1v) is 5.77. The number of hydrogen-bond donors (Lipinski definition) is 2. The lowest BCUT2D eigenvalue weighted by atomic mass is 10.2. The van der Waals surface area contributed by atoms with E-state index in [1.807, 2.05) is 45.4 Å². The molecule has 1 unspecified atom stereocenters. The van der Waals surface area contributed by atoms with Crippen LogP contribution in [0.15, 0.2) is 24.3 Å². The molecule has 94 valence electrons. The summed E-state index contributed by atoms with van der Waals surface area (Å²) < 4.78 is 0. The smallest absolute Gasteiger partial charge is 0.251 e. The molecule has 0 radical (unpaired) electrons. The van der Waals surface area contributed by atoms with Crippen LogP contribution >= 0.6 is 0 Å². The first kappa shape index (κ1) is 13.5. The van der Waals surface area contributed by atoms with E-state index in [2.05, 4.69) is 22.5 Å². The zero-order valence-electron chi connectivity index (χ0n) is 10.9. The quantitative estimate of drug-likeness (QED) is 0.811. The van der Waals surface area contributed by atoms with Gasteiger partial charge in [-0.15, -0.1) is 0 Å². The molecule has 1 aromatic carbocycles. The van der Waals surface area contributed by atoms with Gasteiger partial charge in [0.25, 0.3) is 5.91 Å². The van der Waals surface area contributed by atoms with Crippen LogP contribution in [0.25, 0.3) is 0 Å². The second-order valence-electron chi connectivity index (χ2n) is 4.35. The Morgan fingerprint density at radius 2 is 1.88 bits per heavy atom. The minimum Gasteiger partial charge on any atom is -0.388 e. The molecule has 1 atom stereocenters. The molecule has 1 aromatic rings. The van der Waals surface area contributed by atoms with Crippen LogP contribution in [0.5, 0.6) is 0 Å². The third kappa shape index (κ3) is 4.07. The van der Waals surface area contributed by atoms with Crippen molar-refractivity contribution in [1.82, 2.24) is 10.2 Å². The normalized spacial score (nSPS) is 12.3. The minimum atomic E-state index is -0.0265. The average Bonchev–Trinajstić information content (AvgIpc) is 2.35. The Balaban J connectivity index is 2.52. The van der Waals surface area contributed by atoms with Gasteiger partial charge in [0, 0.05) is 30.9 Å². The van der Waals surface area contributed by atoms with E-state index in [1.54, 1.807) is 0 Å². The second kappa shape index (κ2) is 6.25. The molecule has 4 nitrogen and oxygen atoms in total. The fraction of sp³-hybridized carbons (Fsp3) is 0.462. The molecule has 0 bridgehead atoms. The first-order valence-electron chi connectivity index (χ1n) is 5.77. The van der Waals surface area contributed by atoms with Gasteiger partial charge in [-0.05, 0) is 45.3 Å². The monoisotopic (exact) mass is 235 g/mol. The third-order valence-corrected chi connectivity index (χ3v) is 2.88. The van der Waals surface area contributed by atoms with E-state index < -0.39 is 0 Å². The fourth-order valence-electron chi connectivity index (χ4n) is 1.31. The molecule has 0 saturated heterocycles. The number of nitrogens with zero attached hydrogens (tertiary/aromatic N) is 1. The van der Waals surface area contributed by atoms with Gasteiger partial charge >= 0.3 is 0 Å². The van der Waals surface area contributed by atoms with Gasteiger partial charge in [-0.25, -0.2) is 0 Å². The van der Waals surface area contributed by atoms with Crippen molar-refractivity contribution in [1.29, 1.82) is 0 Å². The Morgan fingerprint density at radius 1 is 1.29 bits per heavy atom. The molecular formula is C13H21N3O. The van der Waals surface area contributed by atoms with Crippen molar-refractivity contribution in [2.75, 3.05) is 33.0 Å². The largest absolute Gasteiger partial charge is 0.388 e. The highest BCUT2D eigenvalue weighted by Gasteiger charge is 2.08. The van der Waals surface area contributed by atoms with Crippen molar-refractivity contribution >= 4 is 11.6 Å². The van der Waals surface area contributed by atoms with Crippen molar-refractivity contribution < 1.29 is 4.79 Å². The summed E-state index contributed by atoms with van der Waals surface area (Å²) >= 11 is 0. The van der Waals surface area contributed by atoms with E-state index >= 15 is 0 Å². The van der Waals surface area contributed by atoms with Crippen molar-refractivity contribution in [3.8, 4) is 0 Å². The average molecular weight is 235 g/mol. The molecule has 0 aromatic heterocycles. The maximum Gasteiger partial charge on any atom is 0.251 e. The van der Waals surface area contributed by atoms with Crippen molar-refractivity contribution in [3.05, 3.63) is 29.8 Å². The zero-order chi connectivity index (χ0) is 12.8. The summed E-state index contributed by atoms with van der Waals surface area (Å²) in [5.74, 6) is -0.0265. The lowest BCUT2D eigenvalue weighted by Crippen LogP contribution is -2.38. The maximum atomic E-state index is 11.8. The Morgan fingerprint density at radius 3 is 2.35 bits per heavy atom. The van der Waals surface area contributed by atoms with E-state index in [0.29, 0.717) is 18.2 Å². The number of nitrogens with one attached hydrogen (secondary N) is 2. The van der Waals surface area contributed by atoms with Gasteiger partial charge in [-0.3, -0.25) is 4.79 Å². The molecule has 1 amide bonds. The Hall–Kier alpha value is -1.55. The van der Waals surface area contributed by atoms with Crippen LogP contribution in [0.3, 0.4) is 0 Å². The van der Waals surface area contributed by atoms with Crippen LogP contribution in [0, 0.1) is 0 Å². The van der Waals surface area contributed by atoms with Crippen molar-refractivity contribution in [2.24, 2.45) is 0 Å². The number of benzene rings is 1. The maximum absolute atomic E-state index is 11.8. The van der Waals surface area contributed by atoms with Crippen LogP contribution in [-0.4, -0.2) is 44.5 Å². The Bertz CT molecular complexity index is 359. The number of anilines is 1. The highest BCUT2D eigenvalue weighted by molar-refractivity contribution is 5.94. The molecule has 0 spiro atoms. The van der Waals surface area contributed by atoms with Gasteiger partial charge in [0.15, 0.2) is 0 Å². The van der Waals surface area contributed by atoms with E-state index in [4.69, 9.17) is 0 Å². The number of rotatable bonds is 5. The summed E-state index contributed by atoms with van der Waals surface area (Å²) in [6.07, 6.45) is 0. The van der Waals surface area contributed by atoms with Gasteiger partial charge in [-0.2, -0.15) is 0 Å². The Labute approximate surface area is 103 Å². The number of hydrogen-bond acceptors (Lipinski definition) is 3. The summed E-state index contributed by atoms with van der Waals surface area (Å²) in [6, 6.07) is 7.76. The summed E-state index contributed by atoms with van der Waals surface area (Å²) in [5.41, 5.74) is 1.69. The van der Waals surface area contributed by atoms with E-state index in [1.165, 1.54) is 0 Å². The summed E-state index contributed by atoms with van der Waals surface area (Å²) in [5, 5.41) is 5.94. The second-order valence-corrected chi connectivity index (χ2v) is 4.35. The van der Waals surface area contributed by atoms with E-state index in [-0.39, 0.29) is 5.91 Å². The van der Waals surface area contributed by atoms with Gasteiger partial charge in [-0.1, -0.05) is 0 Å². The lowest BCUT2D eigenvalue weighted by molar-refractivity contribution is 0.0943. The molecule has 0 aliphatic rings. The molecule has 0 aliphatic carbocycles. The van der Waals surface area contributed by atoms with Gasteiger partial charge in [0.1, 0.15) is 0 Å². The van der Waals surface area contributed by atoms with E-state index in [9.17, 15) is 4.79 Å². The number of carbonyl (C=O) groups excluding carboxylic acids is 1. The Kier molecular flexibility index (Phi) is 4.97. The van der Waals surface area contributed by atoms with Gasteiger partial charge in [0.2, 0.25) is 0 Å². The van der Waals surface area contributed by atoms with Gasteiger partial charge < -0.3 is 15.5 Å². The molecule has 0 aliphatic heterocycles. The molecule has 4 heteroatoms. The zero-order valence-corrected chi connectivity index (χ0v) is 10.9. The van der Waals surface area contributed by atoms with E-state index in [0.717, 1.165) is 5.69 Å². The highest BCUT2D eigenvalue weighted by atomic mass is 16.1. The van der Waals surface area contributed by atoms with Crippen LogP contribution in [-0.2, 0) is 0 Å². The first-order chi connectivity index (χ1) is 8.04. The van der Waals surface area contributed by atoms with Crippen molar-refractivity contribution in [3.63, 3.8) is 0 Å². The predicted molar refractivity (Wildman–Crippen MR) is 71.5 cm³/mol. The number of carbonyl (C=O) groups is 1. The summed E-state index contributed by atoms with van der Waals surface area (Å²) in [4.78, 5) is 13.9. The highest BCUT2D eigenvalue weighted by Crippen LogP contribution is 2.08. The number of amides is 1. The lowest BCUT2D eigenvalue weighted by Gasteiger charge is -2.19. The summed E-state index contributed by atoms with van der Waals surface area (Å²) in [7, 11) is 5.85. The molecule has 1 rings (SSSR count). The van der Waals surface area contributed by atoms with Crippen LogP contribution < -0.4 is 10.6 Å². The third-order valence-electron chi connectivity index (χ3n) is 2.88. The molecule has 0 fully saturated rings. The predicted octanol–water partition coefficient (Wildman–Crippen LogP) is 1.41. The molecular weight excluding hydrogens is 214 g/mol. The summed E-state index contributed by atoms with van der Waals surface area (Å²) in [6.45, 7) is 2.73. The fourth-order valence-corrected chi connectivity index (χ4v) is 1.31. The topological polar surface area (TPSA) is 44.4 Å². The molecule has 0 heterocycles. The SMILES string of the molecule is CNc1ccc(C(=O)NCC(C)N(C)C)cc1. The van der Waals surface area contributed by atoms with Crippen LogP contribution in [0.1, 0.15) is 17.3 Å². The minimum absolute atomic E-state index is 0.0265. The molecule has 17 heavy (non-hydrogen) atoms.